The molecule has 0 aromatic heterocycles. The van der Waals surface area contributed by atoms with Crippen LogP contribution in [0.15, 0.2) is 39.3 Å². The number of hydrogen-bond acceptors (Lipinski definition) is 2. The second-order valence-electron chi connectivity index (χ2n) is 4.16. The summed E-state index contributed by atoms with van der Waals surface area (Å²) < 4.78 is 6.99. The van der Waals surface area contributed by atoms with Crippen LogP contribution in [-0.2, 0) is 0 Å². The Morgan fingerprint density at radius 1 is 1.10 bits per heavy atom. The Balaban J connectivity index is 2.52. The summed E-state index contributed by atoms with van der Waals surface area (Å²) in [6.07, 6.45) is 0. The summed E-state index contributed by atoms with van der Waals surface area (Å²) in [4.78, 5) is 0. The molecule has 0 radical (unpaired) electrons. The molecule has 2 nitrogen and oxygen atoms in total. The maximum atomic E-state index is 6.32. The fraction of sp³-hybridized carbons (Fsp3) is 0.143. The molecule has 0 bridgehead atoms. The topological polar surface area (TPSA) is 35.2 Å². The summed E-state index contributed by atoms with van der Waals surface area (Å²) in [5.74, 6) is 0.668. The van der Waals surface area contributed by atoms with Gasteiger partial charge in [-0.1, -0.05) is 29.3 Å². The van der Waals surface area contributed by atoms with Crippen molar-refractivity contribution < 1.29 is 4.74 Å². The smallest absolute Gasteiger partial charge is 0.138 e. The predicted molar refractivity (Wildman–Crippen MR) is 90.9 cm³/mol. The van der Waals surface area contributed by atoms with Crippen molar-refractivity contribution in [3.8, 4) is 5.75 Å². The Hall–Kier alpha value is -0.260. The van der Waals surface area contributed by atoms with Crippen molar-refractivity contribution in [2.24, 2.45) is 5.73 Å². The van der Waals surface area contributed by atoms with Crippen molar-refractivity contribution in [3.63, 3.8) is 0 Å². The van der Waals surface area contributed by atoms with Crippen LogP contribution >= 0.6 is 55.1 Å². The van der Waals surface area contributed by atoms with Crippen molar-refractivity contribution in [3.05, 3.63) is 60.4 Å². The molecule has 6 heteroatoms. The van der Waals surface area contributed by atoms with Crippen LogP contribution in [0.1, 0.15) is 17.2 Å². The molecule has 2 aromatic carbocycles. The lowest BCUT2D eigenvalue weighted by Gasteiger charge is -2.18. The van der Waals surface area contributed by atoms with Crippen molar-refractivity contribution in [1.82, 2.24) is 0 Å². The highest BCUT2D eigenvalue weighted by molar-refractivity contribution is 9.10. The fourth-order valence-electron chi connectivity index (χ4n) is 1.91. The highest BCUT2D eigenvalue weighted by atomic mass is 79.9. The summed E-state index contributed by atoms with van der Waals surface area (Å²) in [6.45, 7) is 0. The van der Waals surface area contributed by atoms with Crippen molar-refractivity contribution >= 4 is 55.1 Å². The Labute approximate surface area is 144 Å². The number of halogens is 4. The van der Waals surface area contributed by atoms with E-state index in [0.29, 0.717) is 15.8 Å². The van der Waals surface area contributed by atoms with Gasteiger partial charge in [0.05, 0.1) is 22.6 Å². The van der Waals surface area contributed by atoms with Gasteiger partial charge in [0.1, 0.15) is 5.75 Å². The van der Waals surface area contributed by atoms with E-state index in [1.807, 2.05) is 18.2 Å². The highest BCUT2D eigenvalue weighted by Crippen LogP contribution is 2.38. The molecule has 106 valence electrons. The second kappa shape index (κ2) is 6.67. The second-order valence-corrected chi connectivity index (χ2v) is 6.71. The zero-order valence-corrected chi connectivity index (χ0v) is 15.1. The third kappa shape index (κ3) is 3.31. The van der Waals surface area contributed by atoms with E-state index in [-0.39, 0.29) is 6.04 Å². The lowest BCUT2D eigenvalue weighted by Crippen LogP contribution is -2.13. The molecule has 20 heavy (non-hydrogen) atoms. The molecule has 0 saturated heterocycles. The van der Waals surface area contributed by atoms with Gasteiger partial charge < -0.3 is 10.5 Å². The Kier molecular flexibility index (Phi) is 5.37. The fourth-order valence-corrected chi connectivity index (χ4v) is 3.34. The van der Waals surface area contributed by atoms with E-state index in [1.54, 1.807) is 19.2 Å². The molecule has 1 unspecified atom stereocenters. The molecule has 2 aromatic rings. The van der Waals surface area contributed by atoms with Crippen LogP contribution < -0.4 is 10.5 Å². The van der Waals surface area contributed by atoms with Crippen LogP contribution in [0.3, 0.4) is 0 Å². The number of methoxy groups -OCH3 is 1. The Bertz CT molecular complexity index is 649. The minimum atomic E-state index is -0.384. The number of rotatable bonds is 3. The monoisotopic (exact) mass is 437 g/mol. The molecule has 0 fully saturated rings. The summed E-state index contributed by atoms with van der Waals surface area (Å²) in [5.41, 5.74) is 7.99. The van der Waals surface area contributed by atoms with Crippen molar-refractivity contribution in [1.29, 1.82) is 0 Å². The van der Waals surface area contributed by atoms with Gasteiger partial charge in [0.15, 0.2) is 0 Å². The molecule has 0 aliphatic heterocycles. The largest absolute Gasteiger partial charge is 0.495 e. The number of benzene rings is 2. The quantitative estimate of drug-likeness (QED) is 0.678. The zero-order chi connectivity index (χ0) is 14.9. The third-order valence-corrected chi connectivity index (χ3v) is 4.92. The van der Waals surface area contributed by atoms with Gasteiger partial charge in [-0.15, -0.1) is 0 Å². The number of nitrogens with two attached hydrogens (primary N) is 1. The van der Waals surface area contributed by atoms with Crippen LogP contribution in [-0.4, -0.2) is 7.11 Å². The molecule has 2 N–H and O–H groups in total. The zero-order valence-electron chi connectivity index (χ0n) is 10.5. The molecular weight excluding hydrogens is 429 g/mol. The minimum absolute atomic E-state index is 0.384. The van der Waals surface area contributed by atoms with Crippen LogP contribution in [0.2, 0.25) is 10.0 Å². The van der Waals surface area contributed by atoms with Gasteiger partial charge in [-0.3, -0.25) is 0 Å². The molecule has 2 rings (SSSR count). The molecule has 0 aliphatic carbocycles. The molecule has 0 amide bonds. The lowest BCUT2D eigenvalue weighted by atomic mass is 9.99. The molecular formula is C14H11Br2Cl2NO. The molecule has 0 spiro atoms. The van der Waals surface area contributed by atoms with Gasteiger partial charge in [0, 0.05) is 15.1 Å². The minimum Gasteiger partial charge on any atom is -0.495 e. The Morgan fingerprint density at radius 3 is 2.40 bits per heavy atom. The normalized spacial score (nSPS) is 12.3. The summed E-state index contributed by atoms with van der Waals surface area (Å²) in [7, 11) is 1.60. The van der Waals surface area contributed by atoms with Crippen molar-refractivity contribution in [2.75, 3.05) is 7.11 Å². The average molecular weight is 440 g/mol. The Morgan fingerprint density at radius 2 is 1.80 bits per heavy atom. The molecule has 0 saturated carbocycles. The van der Waals surface area contributed by atoms with Crippen LogP contribution in [0.4, 0.5) is 0 Å². The van der Waals surface area contributed by atoms with E-state index < -0.39 is 0 Å². The first-order chi connectivity index (χ1) is 9.43. The number of hydrogen-bond donors (Lipinski definition) is 1. The maximum Gasteiger partial charge on any atom is 0.138 e. The maximum absolute atomic E-state index is 6.32. The van der Waals surface area contributed by atoms with Crippen LogP contribution in [0.5, 0.6) is 5.75 Å². The van der Waals surface area contributed by atoms with E-state index in [9.17, 15) is 0 Å². The van der Waals surface area contributed by atoms with Gasteiger partial charge in [-0.2, -0.15) is 0 Å². The van der Waals surface area contributed by atoms with E-state index in [4.69, 9.17) is 33.7 Å². The first-order valence-electron chi connectivity index (χ1n) is 5.67. The molecule has 0 heterocycles. The molecule has 1 atom stereocenters. The summed E-state index contributed by atoms with van der Waals surface area (Å²) in [5, 5.41) is 1.20. The van der Waals surface area contributed by atoms with E-state index in [2.05, 4.69) is 31.9 Å². The van der Waals surface area contributed by atoms with E-state index in [1.165, 1.54) is 0 Å². The van der Waals surface area contributed by atoms with Gasteiger partial charge in [0.25, 0.3) is 0 Å². The standard InChI is InChI=1S/C14H11Br2Cl2NO/c1-20-14-9(5-8(17)6-11(14)16)13(19)7-2-3-10(15)12(18)4-7/h2-6,13H,19H2,1H3. The van der Waals surface area contributed by atoms with Crippen LogP contribution in [0, 0.1) is 0 Å². The van der Waals surface area contributed by atoms with Gasteiger partial charge in [-0.25, -0.2) is 0 Å². The van der Waals surface area contributed by atoms with Crippen molar-refractivity contribution in [2.45, 2.75) is 6.04 Å². The predicted octanol–water partition coefficient (Wildman–Crippen LogP) is 5.58. The summed E-state index contributed by atoms with van der Waals surface area (Å²) >= 11 is 19.0. The van der Waals surface area contributed by atoms with Crippen LogP contribution in [0.25, 0.3) is 0 Å². The third-order valence-electron chi connectivity index (χ3n) is 2.88. The first kappa shape index (κ1) is 16.1. The number of ether oxygens (including phenoxy) is 1. The molecule has 0 aliphatic rings. The SMILES string of the molecule is COc1c(Br)cc(Cl)cc1C(N)c1ccc(Br)c(Cl)c1. The van der Waals surface area contributed by atoms with E-state index >= 15 is 0 Å². The van der Waals surface area contributed by atoms with Gasteiger partial charge in [0.2, 0.25) is 0 Å². The average Bonchev–Trinajstić information content (AvgIpc) is 2.40. The highest BCUT2D eigenvalue weighted by Gasteiger charge is 2.18. The lowest BCUT2D eigenvalue weighted by molar-refractivity contribution is 0.405. The van der Waals surface area contributed by atoms with Gasteiger partial charge in [-0.05, 0) is 61.7 Å². The van der Waals surface area contributed by atoms with E-state index in [0.717, 1.165) is 20.1 Å². The summed E-state index contributed by atoms with van der Waals surface area (Å²) in [6, 6.07) is 8.78. The van der Waals surface area contributed by atoms with Gasteiger partial charge >= 0.3 is 0 Å². The first-order valence-corrected chi connectivity index (χ1v) is 8.01.